The highest BCUT2D eigenvalue weighted by molar-refractivity contribution is 5.21. The van der Waals surface area contributed by atoms with E-state index in [2.05, 4.69) is 66.0 Å². The van der Waals surface area contributed by atoms with E-state index in [0.29, 0.717) is 12.1 Å². The highest BCUT2D eigenvalue weighted by atomic mass is 15.1. The van der Waals surface area contributed by atoms with Crippen LogP contribution in [0, 0.1) is 0 Å². The van der Waals surface area contributed by atoms with Crippen molar-refractivity contribution in [2.75, 3.05) is 0 Å². The summed E-state index contributed by atoms with van der Waals surface area (Å²) >= 11 is 0. The molecule has 0 saturated carbocycles. The fourth-order valence-corrected chi connectivity index (χ4v) is 2.33. The quantitative estimate of drug-likeness (QED) is 0.859. The molecule has 1 unspecified atom stereocenters. The predicted molar refractivity (Wildman–Crippen MR) is 79.1 cm³/mol. The molecule has 1 aromatic heterocycles. The summed E-state index contributed by atoms with van der Waals surface area (Å²) in [4.78, 5) is 4.32. The molecule has 19 heavy (non-hydrogen) atoms. The van der Waals surface area contributed by atoms with Crippen LogP contribution in [0.3, 0.4) is 0 Å². The van der Waals surface area contributed by atoms with Crippen molar-refractivity contribution in [2.45, 2.75) is 45.8 Å². The number of nitrogens with one attached hydrogen (secondary N) is 1. The number of hydrogen-bond donors (Lipinski definition) is 1. The fourth-order valence-electron chi connectivity index (χ4n) is 2.33. The minimum atomic E-state index is 0.368. The van der Waals surface area contributed by atoms with Crippen molar-refractivity contribution in [1.82, 2.24) is 14.9 Å². The van der Waals surface area contributed by atoms with E-state index < -0.39 is 0 Å². The first kappa shape index (κ1) is 13.8. The van der Waals surface area contributed by atoms with Crippen LogP contribution >= 0.6 is 0 Å². The molecule has 0 fully saturated rings. The van der Waals surface area contributed by atoms with Crippen LogP contribution in [0.2, 0.25) is 0 Å². The van der Waals surface area contributed by atoms with E-state index in [1.165, 1.54) is 11.3 Å². The molecule has 2 aromatic rings. The second-order valence-electron chi connectivity index (χ2n) is 5.16. The van der Waals surface area contributed by atoms with E-state index in [0.717, 1.165) is 13.0 Å². The van der Waals surface area contributed by atoms with Gasteiger partial charge in [-0.3, -0.25) is 0 Å². The molecule has 3 heteroatoms. The average Bonchev–Trinajstić information content (AvgIpc) is 2.87. The molecular weight excluding hydrogens is 234 g/mol. The van der Waals surface area contributed by atoms with Gasteiger partial charge in [-0.2, -0.15) is 0 Å². The second-order valence-corrected chi connectivity index (χ2v) is 5.16. The molecule has 0 bridgehead atoms. The Balaban J connectivity index is 2.22. The van der Waals surface area contributed by atoms with Crippen molar-refractivity contribution < 1.29 is 0 Å². The molecule has 1 heterocycles. The molecule has 3 nitrogen and oxygen atoms in total. The summed E-state index contributed by atoms with van der Waals surface area (Å²) in [7, 11) is 0. The number of aromatic nitrogens is 2. The molecule has 2 rings (SSSR count). The third-order valence-electron chi connectivity index (χ3n) is 3.34. The van der Waals surface area contributed by atoms with Crippen LogP contribution < -0.4 is 5.32 Å². The largest absolute Gasteiger partial charge is 0.326 e. The molecule has 0 aliphatic heterocycles. The third-order valence-corrected chi connectivity index (χ3v) is 3.34. The van der Waals surface area contributed by atoms with Gasteiger partial charge in [0.1, 0.15) is 0 Å². The van der Waals surface area contributed by atoms with Crippen LogP contribution in [-0.4, -0.2) is 15.6 Å². The predicted octanol–water partition coefficient (Wildman–Crippen LogP) is 3.38. The van der Waals surface area contributed by atoms with E-state index in [1.54, 1.807) is 0 Å². The van der Waals surface area contributed by atoms with Crippen molar-refractivity contribution in [3.63, 3.8) is 0 Å². The standard InChI is InChI=1S/C16H23N3/c1-4-16(14-8-6-5-7-9-14)19-12-17-10-15(19)11-18-13(2)3/h5-10,12-13,16,18H,4,11H2,1-3H3. The zero-order chi connectivity index (χ0) is 13.7. The van der Waals surface area contributed by atoms with Crippen LogP contribution in [0.1, 0.15) is 44.5 Å². The number of imidazole rings is 1. The Bertz CT molecular complexity index is 488. The molecular formula is C16H23N3. The van der Waals surface area contributed by atoms with Gasteiger partial charge in [0.15, 0.2) is 0 Å². The van der Waals surface area contributed by atoms with Crippen LogP contribution in [0.25, 0.3) is 0 Å². The molecule has 0 spiro atoms. The molecule has 0 amide bonds. The Morgan fingerprint density at radius 3 is 2.58 bits per heavy atom. The number of rotatable bonds is 6. The summed E-state index contributed by atoms with van der Waals surface area (Å²) in [5, 5.41) is 3.46. The maximum absolute atomic E-state index is 4.32. The Hall–Kier alpha value is -1.61. The molecule has 0 radical (unpaired) electrons. The second kappa shape index (κ2) is 6.53. The van der Waals surface area contributed by atoms with Gasteiger partial charge in [-0.15, -0.1) is 0 Å². The smallest absolute Gasteiger partial charge is 0.0954 e. The zero-order valence-corrected chi connectivity index (χ0v) is 12.0. The minimum Gasteiger partial charge on any atom is -0.326 e. The Labute approximate surface area is 115 Å². The zero-order valence-electron chi connectivity index (χ0n) is 12.0. The van der Waals surface area contributed by atoms with Crippen molar-refractivity contribution in [3.8, 4) is 0 Å². The first-order valence-electron chi connectivity index (χ1n) is 7.01. The van der Waals surface area contributed by atoms with E-state index in [1.807, 2.05) is 12.5 Å². The third kappa shape index (κ3) is 3.44. The average molecular weight is 257 g/mol. The van der Waals surface area contributed by atoms with Gasteiger partial charge in [0.05, 0.1) is 18.1 Å². The highest BCUT2D eigenvalue weighted by Gasteiger charge is 2.14. The summed E-state index contributed by atoms with van der Waals surface area (Å²) in [5.41, 5.74) is 2.58. The lowest BCUT2D eigenvalue weighted by molar-refractivity contribution is 0.511. The lowest BCUT2D eigenvalue weighted by Crippen LogP contribution is -2.24. The van der Waals surface area contributed by atoms with Gasteiger partial charge in [-0.25, -0.2) is 4.98 Å². The molecule has 1 atom stereocenters. The maximum Gasteiger partial charge on any atom is 0.0954 e. The van der Waals surface area contributed by atoms with Crippen molar-refractivity contribution in [1.29, 1.82) is 0 Å². The van der Waals surface area contributed by atoms with Crippen LogP contribution in [0.15, 0.2) is 42.9 Å². The van der Waals surface area contributed by atoms with E-state index in [-0.39, 0.29) is 0 Å². The fraction of sp³-hybridized carbons (Fsp3) is 0.438. The summed E-state index contributed by atoms with van der Waals surface area (Å²) in [6.45, 7) is 7.41. The Morgan fingerprint density at radius 2 is 1.95 bits per heavy atom. The van der Waals surface area contributed by atoms with Crippen molar-refractivity contribution in [2.24, 2.45) is 0 Å². The molecule has 102 valence electrons. The van der Waals surface area contributed by atoms with E-state index in [9.17, 15) is 0 Å². The lowest BCUT2D eigenvalue weighted by atomic mass is 10.0. The van der Waals surface area contributed by atoms with Gasteiger partial charge >= 0.3 is 0 Å². The van der Waals surface area contributed by atoms with Gasteiger partial charge in [-0.05, 0) is 12.0 Å². The molecule has 0 aliphatic rings. The SMILES string of the molecule is CCC(c1ccccc1)n1cncc1CNC(C)C. The van der Waals surface area contributed by atoms with Gasteiger partial charge in [0.25, 0.3) is 0 Å². The normalized spacial score (nSPS) is 12.8. The van der Waals surface area contributed by atoms with E-state index in [4.69, 9.17) is 0 Å². The Kier molecular flexibility index (Phi) is 4.74. The summed E-state index contributed by atoms with van der Waals surface area (Å²) < 4.78 is 2.28. The topological polar surface area (TPSA) is 29.9 Å². The van der Waals surface area contributed by atoms with Crippen LogP contribution in [0.5, 0.6) is 0 Å². The van der Waals surface area contributed by atoms with Crippen LogP contribution in [-0.2, 0) is 6.54 Å². The summed E-state index contributed by atoms with van der Waals surface area (Å²) in [6.07, 6.45) is 4.97. The molecule has 1 N–H and O–H groups in total. The lowest BCUT2D eigenvalue weighted by Gasteiger charge is -2.20. The van der Waals surface area contributed by atoms with Gasteiger partial charge < -0.3 is 9.88 Å². The van der Waals surface area contributed by atoms with Crippen molar-refractivity contribution >= 4 is 0 Å². The number of hydrogen-bond acceptors (Lipinski definition) is 2. The number of nitrogens with zero attached hydrogens (tertiary/aromatic N) is 2. The van der Waals surface area contributed by atoms with Crippen molar-refractivity contribution in [3.05, 3.63) is 54.1 Å². The number of benzene rings is 1. The summed E-state index contributed by atoms with van der Waals surface area (Å²) in [5.74, 6) is 0. The van der Waals surface area contributed by atoms with Crippen LogP contribution in [0.4, 0.5) is 0 Å². The molecule has 0 aliphatic carbocycles. The van der Waals surface area contributed by atoms with Gasteiger partial charge in [0.2, 0.25) is 0 Å². The first-order valence-corrected chi connectivity index (χ1v) is 7.01. The molecule has 0 saturated heterocycles. The highest BCUT2D eigenvalue weighted by Crippen LogP contribution is 2.23. The Morgan fingerprint density at radius 1 is 1.21 bits per heavy atom. The maximum atomic E-state index is 4.32. The molecule has 1 aromatic carbocycles. The monoisotopic (exact) mass is 257 g/mol. The summed E-state index contributed by atoms with van der Waals surface area (Å²) in [6, 6.07) is 11.5. The minimum absolute atomic E-state index is 0.368. The first-order chi connectivity index (χ1) is 9.22. The van der Waals surface area contributed by atoms with Gasteiger partial charge in [0, 0.05) is 18.8 Å². The van der Waals surface area contributed by atoms with E-state index >= 15 is 0 Å². The van der Waals surface area contributed by atoms with Gasteiger partial charge in [-0.1, -0.05) is 51.1 Å².